The molecule has 0 amide bonds. The summed E-state index contributed by atoms with van der Waals surface area (Å²) in [7, 11) is 0. The summed E-state index contributed by atoms with van der Waals surface area (Å²) >= 11 is 0. The molecule has 26 heavy (non-hydrogen) atoms. The molecule has 2 aromatic heterocycles. The van der Waals surface area contributed by atoms with Crippen LogP contribution in [0.3, 0.4) is 0 Å². The Morgan fingerprint density at radius 2 is 2.00 bits per heavy atom. The number of nitriles is 1. The molecule has 0 aliphatic heterocycles. The molecule has 3 aromatic rings. The van der Waals surface area contributed by atoms with Crippen LogP contribution in [-0.2, 0) is 6.61 Å². The van der Waals surface area contributed by atoms with Crippen molar-refractivity contribution in [3.63, 3.8) is 0 Å². The van der Waals surface area contributed by atoms with Crippen molar-refractivity contribution in [3.05, 3.63) is 54.1 Å². The van der Waals surface area contributed by atoms with E-state index in [1.54, 1.807) is 6.20 Å². The summed E-state index contributed by atoms with van der Waals surface area (Å²) in [6.07, 6.45) is 1.74. The van der Waals surface area contributed by atoms with Crippen molar-refractivity contribution < 1.29 is 4.74 Å². The molecule has 1 N–H and O–H groups in total. The van der Waals surface area contributed by atoms with Gasteiger partial charge in [0, 0.05) is 18.1 Å². The van der Waals surface area contributed by atoms with E-state index in [1.807, 2.05) is 42.5 Å². The van der Waals surface area contributed by atoms with Gasteiger partial charge in [0.15, 0.2) is 0 Å². The van der Waals surface area contributed by atoms with Gasteiger partial charge in [0.1, 0.15) is 24.2 Å². The second kappa shape index (κ2) is 7.36. The smallest absolute Gasteiger partial charge is 0.234 e. The molecule has 3 rings (SSSR count). The number of pyridine rings is 1. The summed E-state index contributed by atoms with van der Waals surface area (Å²) in [5, 5.41) is 13.3. The molecule has 0 saturated heterocycles. The van der Waals surface area contributed by atoms with E-state index in [4.69, 9.17) is 4.74 Å². The fourth-order valence-electron chi connectivity index (χ4n) is 2.37. The van der Waals surface area contributed by atoms with Crippen LogP contribution in [0.4, 0.5) is 5.82 Å². The molecule has 0 fully saturated rings. The zero-order chi connectivity index (χ0) is 18.6. The lowest BCUT2D eigenvalue weighted by atomic mass is 9.97. The Morgan fingerprint density at radius 3 is 2.69 bits per heavy atom. The van der Waals surface area contributed by atoms with E-state index >= 15 is 0 Å². The molecule has 0 saturated carbocycles. The van der Waals surface area contributed by atoms with Crippen LogP contribution >= 0.6 is 0 Å². The average Bonchev–Trinajstić information content (AvgIpc) is 2.64. The van der Waals surface area contributed by atoms with Gasteiger partial charge in [0.25, 0.3) is 0 Å². The van der Waals surface area contributed by atoms with Gasteiger partial charge in [-0.3, -0.25) is 4.98 Å². The molecule has 0 aliphatic carbocycles. The van der Waals surface area contributed by atoms with Crippen molar-refractivity contribution in [3.8, 4) is 11.8 Å². The minimum atomic E-state index is 0.0805. The summed E-state index contributed by atoms with van der Waals surface area (Å²) < 4.78 is 5.85. The predicted molar refractivity (Wildman–Crippen MR) is 101 cm³/mol. The number of hydrogen-bond acceptors (Lipinski definition) is 6. The molecule has 0 radical (unpaired) electrons. The van der Waals surface area contributed by atoms with Crippen LogP contribution in [0, 0.1) is 16.7 Å². The van der Waals surface area contributed by atoms with Crippen LogP contribution in [0.25, 0.3) is 10.9 Å². The second-order valence-corrected chi connectivity index (χ2v) is 7.21. The molecule has 0 bridgehead atoms. The van der Waals surface area contributed by atoms with Gasteiger partial charge >= 0.3 is 0 Å². The summed E-state index contributed by atoms with van der Waals surface area (Å²) in [6.45, 7) is 7.51. The molecular formula is C20H21N5O. The summed E-state index contributed by atoms with van der Waals surface area (Å²) in [4.78, 5) is 12.9. The Kier molecular flexibility index (Phi) is 4.99. The van der Waals surface area contributed by atoms with Gasteiger partial charge in [0.05, 0.1) is 11.2 Å². The maximum atomic E-state index is 9.18. The van der Waals surface area contributed by atoms with E-state index in [0.29, 0.717) is 23.7 Å². The van der Waals surface area contributed by atoms with E-state index in [9.17, 15) is 5.26 Å². The van der Waals surface area contributed by atoms with E-state index in [-0.39, 0.29) is 11.2 Å². The van der Waals surface area contributed by atoms with E-state index in [1.165, 1.54) is 0 Å². The molecule has 6 heteroatoms. The minimum absolute atomic E-state index is 0.0805. The number of benzene rings is 1. The molecular weight excluding hydrogens is 326 g/mol. The maximum absolute atomic E-state index is 9.18. The normalized spacial score (nSPS) is 11.2. The van der Waals surface area contributed by atoms with Crippen molar-refractivity contribution in [1.82, 2.24) is 15.0 Å². The van der Waals surface area contributed by atoms with Crippen molar-refractivity contribution in [2.24, 2.45) is 5.41 Å². The van der Waals surface area contributed by atoms with E-state index in [2.05, 4.69) is 41.0 Å². The summed E-state index contributed by atoms with van der Waals surface area (Å²) in [5.41, 5.74) is 1.64. The molecule has 2 heterocycles. The first-order chi connectivity index (χ1) is 12.4. The van der Waals surface area contributed by atoms with Gasteiger partial charge in [-0.2, -0.15) is 5.26 Å². The van der Waals surface area contributed by atoms with Crippen LogP contribution in [-0.4, -0.2) is 21.5 Å². The van der Waals surface area contributed by atoms with Crippen LogP contribution in [0.15, 0.2) is 42.6 Å². The monoisotopic (exact) mass is 347 g/mol. The van der Waals surface area contributed by atoms with Crippen LogP contribution in [0.1, 0.15) is 32.3 Å². The first-order valence-electron chi connectivity index (χ1n) is 8.43. The minimum Gasteiger partial charge on any atom is -0.487 e. The molecule has 1 aromatic carbocycles. The highest BCUT2D eigenvalue weighted by Crippen LogP contribution is 2.27. The third-order valence-electron chi connectivity index (χ3n) is 3.67. The Bertz CT molecular complexity index is 942. The molecule has 0 spiro atoms. The third kappa shape index (κ3) is 4.45. The zero-order valence-corrected chi connectivity index (χ0v) is 15.2. The number of aromatic nitrogens is 3. The maximum Gasteiger partial charge on any atom is 0.234 e. The van der Waals surface area contributed by atoms with Crippen LogP contribution < -0.4 is 10.1 Å². The second-order valence-electron chi connectivity index (χ2n) is 7.21. The lowest BCUT2D eigenvalue weighted by Gasteiger charge is -2.20. The third-order valence-corrected chi connectivity index (χ3v) is 3.67. The van der Waals surface area contributed by atoms with E-state index < -0.39 is 0 Å². The Balaban J connectivity index is 1.89. The number of ether oxygens (including phenoxy) is 1. The zero-order valence-electron chi connectivity index (χ0n) is 15.2. The van der Waals surface area contributed by atoms with Crippen molar-refractivity contribution in [2.75, 3.05) is 11.9 Å². The number of anilines is 1. The van der Waals surface area contributed by atoms with Gasteiger partial charge in [-0.1, -0.05) is 26.8 Å². The SMILES string of the molecule is CC(C)(C)CNc1nc(C#N)nc2ccc(OCc3ccccn3)cc12. The lowest BCUT2D eigenvalue weighted by molar-refractivity contribution is 0.302. The number of rotatable bonds is 5. The van der Waals surface area contributed by atoms with Gasteiger partial charge in [-0.05, 0) is 35.7 Å². The fraction of sp³-hybridized carbons (Fsp3) is 0.300. The van der Waals surface area contributed by atoms with Gasteiger partial charge < -0.3 is 10.1 Å². The first-order valence-corrected chi connectivity index (χ1v) is 8.43. The van der Waals surface area contributed by atoms with Crippen molar-refractivity contribution in [1.29, 1.82) is 5.26 Å². The largest absolute Gasteiger partial charge is 0.487 e. The van der Waals surface area contributed by atoms with Crippen LogP contribution in [0.5, 0.6) is 5.75 Å². The standard InChI is InChI=1S/C20H21N5O/c1-20(2,3)13-23-19-16-10-15(26-12-14-6-4-5-9-22-14)7-8-17(16)24-18(11-21)25-19/h4-10H,12-13H2,1-3H3,(H,23,24,25). The summed E-state index contributed by atoms with van der Waals surface area (Å²) in [5.74, 6) is 1.50. The Labute approximate surface area is 152 Å². The number of fused-ring (bicyclic) bond motifs is 1. The predicted octanol–water partition coefficient (Wildman–Crippen LogP) is 3.93. The van der Waals surface area contributed by atoms with E-state index in [0.717, 1.165) is 17.6 Å². The number of hydrogen-bond donors (Lipinski definition) is 1. The Morgan fingerprint density at radius 1 is 1.15 bits per heavy atom. The average molecular weight is 347 g/mol. The molecule has 0 atom stereocenters. The lowest BCUT2D eigenvalue weighted by Crippen LogP contribution is -2.20. The molecule has 132 valence electrons. The number of nitrogens with zero attached hydrogens (tertiary/aromatic N) is 4. The quantitative estimate of drug-likeness (QED) is 0.753. The highest BCUT2D eigenvalue weighted by Gasteiger charge is 2.14. The first kappa shape index (κ1) is 17.6. The van der Waals surface area contributed by atoms with Gasteiger partial charge in [-0.15, -0.1) is 0 Å². The summed E-state index contributed by atoms with van der Waals surface area (Å²) in [6, 6.07) is 13.3. The van der Waals surface area contributed by atoms with Crippen molar-refractivity contribution >= 4 is 16.7 Å². The molecule has 0 unspecified atom stereocenters. The highest BCUT2D eigenvalue weighted by molar-refractivity contribution is 5.90. The van der Waals surface area contributed by atoms with Crippen molar-refractivity contribution in [2.45, 2.75) is 27.4 Å². The number of nitrogens with one attached hydrogen (secondary N) is 1. The highest BCUT2D eigenvalue weighted by atomic mass is 16.5. The Hall–Kier alpha value is -3.20. The van der Waals surface area contributed by atoms with Gasteiger partial charge in [-0.25, -0.2) is 9.97 Å². The molecule has 0 aliphatic rings. The van der Waals surface area contributed by atoms with Crippen LogP contribution in [0.2, 0.25) is 0 Å². The fourth-order valence-corrected chi connectivity index (χ4v) is 2.37. The molecule has 6 nitrogen and oxygen atoms in total. The van der Waals surface area contributed by atoms with Gasteiger partial charge in [0.2, 0.25) is 5.82 Å². The topological polar surface area (TPSA) is 83.7 Å².